The van der Waals surface area contributed by atoms with Crippen LogP contribution in [0.1, 0.15) is 77.5 Å². The predicted octanol–water partition coefficient (Wildman–Crippen LogP) is 5.42. The highest BCUT2D eigenvalue weighted by molar-refractivity contribution is 5.83. The number of rotatable bonds is 13. The van der Waals surface area contributed by atoms with Gasteiger partial charge < -0.3 is 19.5 Å². The number of hydrogen-bond donors (Lipinski definition) is 1. The fraction of sp³-hybridized carbons (Fsp3) is 0.556. The Morgan fingerprint density at radius 2 is 1.94 bits per heavy atom. The fourth-order valence-electron chi connectivity index (χ4n) is 4.52. The Bertz CT molecular complexity index is 1120. The van der Waals surface area contributed by atoms with Crippen molar-refractivity contribution in [3.8, 4) is 6.01 Å². The van der Waals surface area contributed by atoms with Crippen LogP contribution >= 0.6 is 0 Å². The molecule has 0 spiro atoms. The summed E-state index contributed by atoms with van der Waals surface area (Å²) >= 11 is 0. The largest absolute Gasteiger partial charge is 0.460 e. The molecule has 0 radical (unpaired) electrons. The van der Waals surface area contributed by atoms with Gasteiger partial charge in [-0.1, -0.05) is 69.9 Å². The molecule has 1 fully saturated rings. The van der Waals surface area contributed by atoms with E-state index in [0.717, 1.165) is 24.9 Å². The van der Waals surface area contributed by atoms with Crippen LogP contribution in [0.4, 0.5) is 5.82 Å². The highest BCUT2D eigenvalue weighted by atomic mass is 16.6. The summed E-state index contributed by atoms with van der Waals surface area (Å²) in [5.74, 6) is 0.349. The van der Waals surface area contributed by atoms with Crippen molar-refractivity contribution in [1.82, 2.24) is 19.5 Å². The third kappa shape index (κ3) is 6.51. The van der Waals surface area contributed by atoms with E-state index in [4.69, 9.17) is 19.2 Å². The van der Waals surface area contributed by atoms with Crippen molar-refractivity contribution < 1.29 is 19.0 Å². The minimum Gasteiger partial charge on any atom is -0.460 e. The molecular formula is C27H37N5O4. The summed E-state index contributed by atoms with van der Waals surface area (Å²) in [4.78, 5) is 25.6. The number of nitrogens with zero attached hydrogens (tertiary/aromatic N) is 4. The van der Waals surface area contributed by atoms with Gasteiger partial charge in [0, 0.05) is 19.9 Å². The molecule has 0 bridgehead atoms. The number of aromatic nitrogens is 4. The molecule has 1 aromatic carbocycles. The number of ether oxygens (including phenoxy) is 3. The Morgan fingerprint density at radius 3 is 2.69 bits per heavy atom. The second kappa shape index (κ2) is 12.7. The molecule has 36 heavy (non-hydrogen) atoms. The van der Waals surface area contributed by atoms with E-state index in [-0.39, 0.29) is 30.4 Å². The Morgan fingerprint density at radius 1 is 1.14 bits per heavy atom. The van der Waals surface area contributed by atoms with Gasteiger partial charge in [-0.25, -0.2) is 4.98 Å². The van der Waals surface area contributed by atoms with E-state index in [1.54, 1.807) is 6.33 Å². The lowest BCUT2D eigenvalue weighted by molar-refractivity contribution is -0.149. The fourth-order valence-corrected chi connectivity index (χ4v) is 4.52. The number of benzene rings is 1. The van der Waals surface area contributed by atoms with Gasteiger partial charge in [0.15, 0.2) is 17.0 Å². The summed E-state index contributed by atoms with van der Waals surface area (Å²) in [5, 5.41) is 3.44. The standard InChI is InChI=1S/C27H37N5O4/c1-4-6-7-8-12-15-28-25-24-26(31-27(30-25)34-17-20-13-10-9-11-14-20)32(18-29-24)23-16-22(35-19(3)33)21(5-2)36-23/h9-11,13-14,18,21-23H,4-8,12,15-17H2,1-3H3,(H,28,30,31). The van der Waals surface area contributed by atoms with Crippen molar-refractivity contribution in [3.63, 3.8) is 0 Å². The molecule has 194 valence electrons. The van der Waals surface area contributed by atoms with Gasteiger partial charge in [-0.15, -0.1) is 0 Å². The van der Waals surface area contributed by atoms with Crippen LogP contribution in [-0.4, -0.2) is 44.2 Å². The summed E-state index contributed by atoms with van der Waals surface area (Å²) in [6, 6.07) is 10.2. The molecule has 3 unspecified atom stereocenters. The molecule has 9 nitrogen and oxygen atoms in total. The molecular weight excluding hydrogens is 458 g/mol. The molecule has 0 aliphatic carbocycles. The van der Waals surface area contributed by atoms with Crippen LogP contribution in [-0.2, 0) is 20.9 Å². The van der Waals surface area contributed by atoms with Crippen molar-refractivity contribution in [2.24, 2.45) is 0 Å². The van der Waals surface area contributed by atoms with Crippen molar-refractivity contribution in [1.29, 1.82) is 0 Å². The third-order valence-corrected chi connectivity index (χ3v) is 6.39. The minimum absolute atomic E-state index is 0.173. The lowest BCUT2D eigenvalue weighted by Crippen LogP contribution is -2.25. The average Bonchev–Trinajstić information content (AvgIpc) is 3.48. The Kier molecular flexibility index (Phi) is 9.11. The van der Waals surface area contributed by atoms with Gasteiger partial charge in [-0.05, 0) is 18.4 Å². The summed E-state index contributed by atoms with van der Waals surface area (Å²) in [7, 11) is 0. The Hall–Kier alpha value is -3.20. The van der Waals surface area contributed by atoms with Crippen LogP contribution < -0.4 is 10.1 Å². The molecule has 4 rings (SSSR count). The molecule has 3 heterocycles. The lowest BCUT2D eigenvalue weighted by atomic mass is 10.1. The summed E-state index contributed by atoms with van der Waals surface area (Å²) in [6.45, 7) is 6.83. The van der Waals surface area contributed by atoms with E-state index in [1.807, 2.05) is 41.8 Å². The molecule has 0 amide bonds. The van der Waals surface area contributed by atoms with Gasteiger partial charge >= 0.3 is 12.0 Å². The number of esters is 1. The number of fused-ring (bicyclic) bond motifs is 1. The number of carbonyl (C=O) groups is 1. The van der Waals surface area contributed by atoms with Gasteiger partial charge in [0.1, 0.15) is 18.9 Å². The molecule has 1 aliphatic rings. The zero-order valence-electron chi connectivity index (χ0n) is 21.5. The zero-order valence-corrected chi connectivity index (χ0v) is 21.5. The third-order valence-electron chi connectivity index (χ3n) is 6.39. The highest BCUT2D eigenvalue weighted by Crippen LogP contribution is 2.35. The van der Waals surface area contributed by atoms with Gasteiger partial charge in [0.05, 0.1) is 12.4 Å². The molecule has 3 aromatic rings. The number of unbranched alkanes of at least 4 members (excludes halogenated alkanes) is 4. The summed E-state index contributed by atoms with van der Waals surface area (Å²) in [5.41, 5.74) is 2.34. The van der Waals surface area contributed by atoms with E-state index in [9.17, 15) is 4.79 Å². The van der Waals surface area contributed by atoms with Crippen molar-refractivity contribution in [2.45, 2.75) is 90.8 Å². The molecule has 2 aromatic heterocycles. The maximum atomic E-state index is 11.6. The normalized spacial score (nSPS) is 19.5. The second-order valence-corrected chi connectivity index (χ2v) is 9.22. The quantitative estimate of drug-likeness (QED) is 0.248. The van der Waals surface area contributed by atoms with Gasteiger partial charge in [0.25, 0.3) is 0 Å². The first-order valence-electron chi connectivity index (χ1n) is 13.1. The maximum Gasteiger partial charge on any atom is 0.320 e. The second-order valence-electron chi connectivity index (χ2n) is 9.22. The first-order chi connectivity index (χ1) is 17.6. The van der Waals surface area contributed by atoms with Crippen molar-refractivity contribution >= 4 is 23.0 Å². The van der Waals surface area contributed by atoms with E-state index in [0.29, 0.717) is 30.0 Å². The van der Waals surface area contributed by atoms with Crippen LogP contribution in [0.15, 0.2) is 36.7 Å². The first-order valence-corrected chi connectivity index (χ1v) is 13.1. The average molecular weight is 496 g/mol. The van der Waals surface area contributed by atoms with E-state index in [1.165, 1.54) is 32.6 Å². The van der Waals surface area contributed by atoms with Crippen LogP contribution in [0.5, 0.6) is 6.01 Å². The molecule has 9 heteroatoms. The van der Waals surface area contributed by atoms with Crippen molar-refractivity contribution in [3.05, 3.63) is 42.2 Å². The van der Waals surface area contributed by atoms with E-state index in [2.05, 4.69) is 22.2 Å². The lowest BCUT2D eigenvalue weighted by Gasteiger charge is -2.16. The predicted molar refractivity (Wildman–Crippen MR) is 138 cm³/mol. The van der Waals surface area contributed by atoms with Crippen molar-refractivity contribution in [2.75, 3.05) is 11.9 Å². The Labute approximate surface area is 212 Å². The monoisotopic (exact) mass is 495 g/mol. The van der Waals surface area contributed by atoms with Crippen LogP contribution in [0, 0.1) is 0 Å². The molecule has 0 saturated carbocycles. The minimum atomic E-state index is -0.344. The van der Waals surface area contributed by atoms with Crippen LogP contribution in [0.25, 0.3) is 11.2 Å². The molecule has 1 N–H and O–H groups in total. The van der Waals surface area contributed by atoms with Gasteiger partial charge in [-0.3, -0.25) is 9.36 Å². The van der Waals surface area contributed by atoms with Crippen LogP contribution in [0.2, 0.25) is 0 Å². The highest BCUT2D eigenvalue weighted by Gasteiger charge is 2.38. The zero-order chi connectivity index (χ0) is 25.3. The smallest absolute Gasteiger partial charge is 0.320 e. The topological polar surface area (TPSA) is 100 Å². The number of carbonyl (C=O) groups excluding carboxylic acids is 1. The first kappa shape index (κ1) is 25.9. The Balaban J connectivity index is 1.56. The SMILES string of the molecule is CCCCCCCNc1nc(OCc2ccccc2)nc2c1ncn2C1CC(OC(C)=O)C(CC)O1. The van der Waals surface area contributed by atoms with E-state index < -0.39 is 0 Å². The number of nitrogens with one attached hydrogen (secondary N) is 1. The van der Waals surface area contributed by atoms with Gasteiger partial charge in [-0.2, -0.15) is 9.97 Å². The molecule has 3 atom stereocenters. The number of anilines is 1. The van der Waals surface area contributed by atoms with Gasteiger partial charge in [0.2, 0.25) is 0 Å². The number of imidazole rings is 1. The summed E-state index contributed by atoms with van der Waals surface area (Å²) in [6.07, 6.45) is 8.13. The molecule has 1 saturated heterocycles. The summed E-state index contributed by atoms with van der Waals surface area (Å²) < 4.78 is 19.6. The number of hydrogen-bond acceptors (Lipinski definition) is 8. The van der Waals surface area contributed by atoms with Crippen LogP contribution in [0.3, 0.4) is 0 Å². The molecule has 1 aliphatic heterocycles. The maximum absolute atomic E-state index is 11.6. The van der Waals surface area contributed by atoms with E-state index >= 15 is 0 Å².